The number of hydrogen-bond acceptors (Lipinski definition) is 4. The minimum absolute atomic E-state index is 0.184. The Morgan fingerprint density at radius 1 is 1.25 bits per heavy atom. The largest absolute Gasteiger partial charge is 0.465 e. The molecule has 0 unspecified atom stereocenters. The maximum absolute atomic E-state index is 11.7. The molecule has 0 radical (unpaired) electrons. The third kappa shape index (κ3) is 3.42. The van der Waals surface area contributed by atoms with E-state index in [-0.39, 0.29) is 12.0 Å². The van der Waals surface area contributed by atoms with Gasteiger partial charge in [-0.05, 0) is 36.2 Å². The normalized spacial score (nSPS) is 11.9. The SMILES string of the molecule is COC(=O)c1ccccc1CN[C@@H](C)c1ccncc1. The van der Waals surface area contributed by atoms with Crippen LogP contribution in [-0.4, -0.2) is 18.1 Å². The molecule has 4 heteroatoms. The molecule has 0 amide bonds. The van der Waals surface area contributed by atoms with Crippen LogP contribution in [-0.2, 0) is 11.3 Å². The summed E-state index contributed by atoms with van der Waals surface area (Å²) in [6.07, 6.45) is 3.55. The first-order valence-corrected chi connectivity index (χ1v) is 6.52. The van der Waals surface area contributed by atoms with E-state index in [1.165, 1.54) is 7.11 Å². The molecule has 0 aliphatic rings. The number of nitrogens with zero attached hydrogens (tertiary/aromatic N) is 1. The molecule has 1 heterocycles. The summed E-state index contributed by atoms with van der Waals surface area (Å²) < 4.78 is 4.79. The molecule has 2 aromatic rings. The lowest BCUT2D eigenvalue weighted by atomic mass is 10.1. The fraction of sp³-hybridized carbons (Fsp3) is 0.250. The van der Waals surface area contributed by atoms with Crippen molar-refractivity contribution in [1.29, 1.82) is 0 Å². The van der Waals surface area contributed by atoms with Crippen molar-refractivity contribution in [2.45, 2.75) is 19.5 Å². The molecule has 0 spiro atoms. The summed E-state index contributed by atoms with van der Waals surface area (Å²) in [5.41, 5.74) is 2.69. The average molecular weight is 270 g/mol. The molecule has 4 nitrogen and oxygen atoms in total. The molecular weight excluding hydrogens is 252 g/mol. The Balaban J connectivity index is 2.06. The highest BCUT2D eigenvalue weighted by molar-refractivity contribution is 5.90. The Hall–Kier alpha value is -2.20. The van der Waals surface area contributed by atoms with E-state index in [4.69, 9.17) is 4.74 Å². The minimum atomic E-state index is -0.307. The van der Waals surface area contributed by atoms with Gasteiger partial charge in [0, 0.05) is 25.0 Å². The molecule has 20 heavy (non-hydrogen) atoms. The maximum atomic E-state index is 11.7. The van der Waals surface area contributed by atoms with Gasteiger partial charge in [-0.3, -0.25) is 4.98 Å². The Morgan fingerprint density at radius 2 is 1.95 bits per heavy atom. The van der Waals surface area contributed by atoms with Crippen LogP contribution in [0.25, 0.3) is 0 Å². The zero-order valence-electron chi connectivity index (χ0n) is 11.7. The first kappa shape index (κ1) is 14.2. The Morgan fingerprint density at radius 3 is 2.65 bits per heavy atom. The topological polar surface area (TPSA) is 51.2 Å². The molecule has 0 aliphatic carbocycles. The van der Waals surface area contributed by atoms with Crippen LogP contribution in [0, 0.1) is 0 Å². The number of hydrogen-bond donors (Lipinski definition) is 1. The van der Waals surface area contributed by atoms with Gasteiger partial charge in [-0.1, -0.05) is 18.2 Å². The van der Waals surface area contributed by atoms with Crippen LogP contribution in [0.3, 0.4) is 0 Å². The lowest BCUT2D eigenvalue weighted by Gasteiger charge is -2.15. The van der Waals surface area contributed by atoms with Crippen molar-refractivity contribution in [3.05, 3.63) is 65.5 Å². The first-order chi connectivity index (χ1) is 9.72. The van der Waals surface area contributed by atoms with E-state index in [1.807, 2.05) is 30.3 Å². The number of esters is 1. The third-order valence-corrected chi connectivity index (χ3v) is 3.23. The number of carbonyl (C=O) groups is 1. The molecule has 0 saturated carbocycles. The number of benzene rings is 1. The molecule has 1 N–H and O–H groups in total. The highest BCUT2D eigenvalue weighted by Gasteiger charge is 2.12. The van der Waals surface area contributed by atoms with Gasteiger partial charge in [-0.2, -0.15) is 0 Å². The van der Waals surface area contributed by atoms with Crippen molar-refractivity contribution in [1.82, 2.24) is 10.3 Å². The van der Waals surface area contributed by atoms with Crippen molar-refractivity contribution in [2.24, 2.45) is 0 Å². The smallest absolute Gasteiger partial charge is 0.338 e. The fourth-order valence-electron chi connectivity index (χ4n) is 2.02. The molecule has 0 bridgehead atoms. The highest BCUT2D eigenvalue weighted by Crippen LogP contribution is 2.14. The van der Waals surface area contributed by atoms with E-state index in [0.717, 1.165) is 11.1 Å². The van der Waals surface area contributed by atoms with E-state index >= 15 is 0 Å². The quantitative estimate of drug-likeness (QED) is 0.849. The van der Waals surface area contributed by atoms with Crippen LogP contribution in [0.5, 0.6) is 0 Å². The second-order valence-electron chi connectivity index (χ2n) is 4.53. The third-order valence-electron chi connectivity index (χ3n) is 3.23. The minimum Gasteiger partial charge on any atom is -0.465 e. The summed E-state index contributed by atoms with van der Waals surface area (Å²) >= 11 is 0. The van der Waals surface area contributed by atoms with E-state index in [0.29, 0.717) is 12.1 Å². The number of nitrogens with one attached hydrogen (secondary N) is 1. The molecule has 1 aromatic carbocycles. The number of pyridine rings is 1. The number of methoxy groups -OCH3 is 1. The zero-order valence-corrected chi connectivity index (χ0v) is 11.7. The van der Waals surface area contributed by atoms with E-state index in [2.05, 4.69) is 17.2 Å². The van der Waals surface area contributed by atoms with Crippen molar-refractivity contribution in [3.8, 4) is 0 Å². The molecule has 2 rings (SSSR count). The van der Waals surface area contributed by atoms with Gasteiger partial charge in [0.25, 0.3) is 0 Å². The molecule has 1 atom stereocenters. The van der Waals surface area contributed by atoms with Gasteiger partial charge < -0.3 is 10.1 Å². The monoisotopic (exact) mass is 270 g/mol. The Labute approximate surface area is 118 Å². The van der Waals surface area contributed by atoms with Crippen LogP contribution < -0.4 is 5.32 Å². The Bertz CT molecular complexity index is 570. The molecular formula is C16H18N2O2. The van der Waals surface area contributed by atoms with Gasteiger partial charge in [-0.25, -0.2) is 4.79 Å². The number of carbonyl (C=O) groups excluding carboxylic acids is 1. The number of rotatable bonds is 5. The standard InChI is InChI=1S/C16H18N2O2/c1-12(13-7-9-17-10-8-13)18-11-14-5-3-4-6-15(14)16(19)20-2/h3-10,12,18H,11H2,1-2H3/t12-/m0/s1. The molecule has 0 aliphatic heterocycles. The average Bonchev–Trinajstić information content (AvgIpc) is 2.53. The summed E-state index contributed by atoms with van der Waals surface area (Å²) in [5.74, 6) is -0.307. The van der Waals surface area contributed by atoms with Crippen LogP contribution in [0.2, 0.25) is 0 Å². The lowest BCUT2D eigenvalue weighted by Crippen LogP contribution is -2.20. The first-order valence-electron chi connectivity index (χ1n) is 6.52. The van der Waals surface area contributed by atoms with Crippen molar-refractivity contribution < 1.29 is 9.53 Å². The molecule has 104 valence electrons. The highest BCUT2D eigenvalue weighted by atomic mass is 16.5. The number of aromatic nitrogens is 1. The summed E-state index contributed by atoms with van der Waals surface area (Å²) in [4.78, 5) is 15.7. The summed E-state index contributed by atoms with van der Waals surface area (Å²) in [6.45, 7) is 2.69. The lowest BCUT2D eigenvalue weighted by molar-refractivity contribution is 0.0599. The zero-order chi connectivity index (χ0) is 14.4. The summed E-state index contributed by atoms with van der Waals surface area (Å²) in [7, 11) is 1.39. The second kappa shape index (κ2) is 6.82. The van der Waals surface area contributed by atoms with Crippen LogP contribution in [0.1, 0.15) is 34.5 Å². The number of ether oxygens (including phenoxy) is 1. The molecule has 0 fully saturated rings. The summed E-state index contributed by atoms with van der Waals surface area (Å²) in [6, 6.07) is 11.6. The fourth-order valence-corrected chi connectivity index (χ4v) is 2.02. The van der Waals surface area contributed by atoms with Crippen LogP contribution in [0.15, 0.2) is 48.8 Å². The van der Waals surface area contributed by atoms with Gasteiger partial charge in [0.2, 0.25) is 0 Å². The van der Waals surface area contributed by atoms with E-state index in [9.17, 15) is 4.79 Å². The van der Waals surface area contributed by atoms with Crippen LogP contribution in [0.4, 0.5) is 0 Å². The van der Waals surface area contributed by atoms with Crippen molar-refractivity contribution >= 4 is 5.97 Å². The molecule has 1 aromatic heterocycles. The van der Waals surface area contributed by atoms with Crippen LogP contribution >= 0.6 is 0 Å². The van der Waals surface area contributed by atoms with Crippen molar-refractivity contribution in [3.63, 3.8) is 0 Å². The van der Waals surface area contributed by atoms with Gasteiger partial charge in [0.15, 0.2) is 0 Å². The van der Waals surface area contributed by atoms with E-state index < -0.39 is 0 Å². The maximum Gasteiger partial charge on any atom is 0.338 e. The summed E-state index contributed by atoms with van der Waals surface area (Å²) in [5, 5.41) is 3.40. The van der Waals surface area contributed by atoms with Gasteiger partial charge in [-0.15, -0.1) is 0 Å². The second-order valence-corrected chi connectivity index (χ2v) is 4.53. The predicted molar refractivity (Wildman–Crippen MR) is 77.3 cm³/mol. The molecule has 0 saturated heterocycles. The van der Waals surface area contributed by atoms with Crippen molar-refractivity contribution in [2.75, 3.05) is 7.11 Å². The van der Waals surface area contributed by atoms with Gasteiger partial charge in [0.1, 0.15) is 0 Å². The Kier molecular flexibility index (Phi) is 4.85. The predicted octanol–water partition coefficient (Wildman–Crippen LogP) is 2.72. The van der Waals surface area contributed by atoms with E-state index in [1.54, 1.807) is 18.5 Å². The van der Waals surface area contributed by atoms with Gasteiger partial charge >= 0.3 is 5.97 Å². The van der Waals surface area contributed by atoms with Gasteiger partial charge in [0.05, 0.1) is 12.7 Å².